The van der Waals surface area contributed by atoms with Crippen LogP contribution in [0.5, 0.6) is 0 Å². The standard InChI is InChI=1S/C14H17FN2OS/c1-8-5-6-9(7-11(8)15)14(18)17-12-4-2-3-10(12)13(16)19/h5-7,10,12H,2-4H2,1H3,(H2,16,19)(H,17,18). The maximum atomic E-state index is 13.4. The molecule has 1 aliphatic rings. The van der Waals surface area contributed by atoms with Gasteiger partial charge in [0.2, 0.25) is 0 Å². The first-order chi connectivity index (χ1) is 8.99. The van der Waals surface area contributed by atoms with E-state index in [1.54, 1.807) is 19.1 Å². The monoisotopic (exact) mass is 280 g/mol. The van der Waals surface area contributed by atoms with E-state index in [1.165, 1.54) is 6.07 Å². The lowest BCUT2D eigenvalue weighted by Crippen LogP contribution is -2.41. The fraction of sp³-hybridized carbons (Fsp3) is 0.429. The Bertz CT molecular complexity index is 518. The second-order valence-electron chi connectivity index (χ2n) is 4.98. The molecule has 2 atom stereocenters. The zero-order valence-electron chi connectivity index (χ0n) is 10.8. The molecule has 0 saturated heterocycles. The summed E-state index contributed by atoms with van der Waals surface area (Å²) < 4.78 is 13.4. The van der Waals surface area contributed by atoms with Crippen LogP contribution in [0.15, 0.2) is 18.2 Å². The summed E-state index contributed by atoms with van der Waals surface area (Å²) in [6.45, 7) is 1.66. The summed E-state index contributed by atoms with van der Waals surface area (Å²) in [5.74, 6) is -0.591. The summed E-state index contributed by atoms with van der Waals surface area (Å²) in [6.07, 6.45) is 2.76. The number of carbonyl (C=O) groups is 1. The Balaban J connectivity index is 2.08. The average molecular weight is 280 g/mol. The van der Waals surface area contributed by atoms with E-state index in [1.807, 2.05) is 0 Å². The van der Waals surface area contributed by atoms with E-state index in [0.717, 1.165) is 19.3 Å². The van der Waals surface area contributed by atoms with E-state index in [4.69, 9.17) is 18.0 Å². The zero-order valence-corrected chi connectivity index (χ0v) is 11.6. The highest BCUT2D eigenvalue weighted by Crippen LogP contribution is 2.26. The fourth-order valence-electron chi connectivity index (χ4n) is 2.46. The molecule has 0 radical (unpaired) electrons. The average Bonchev–Trinajstić information content (AvgIpc) is 2.80. The number of thiocarbonyl (C=S) groups is 1. The molecule has 5 heteroatoms. The Labute approximate surface area is 117 Å². The van der Waals surface area contributed by atoms with Crippen LogP contribution in [0.1, 0.15) is 35.2 Å². The second-order valence-corrected chi connectivity index (χ2v) is 5.46. The summed E-state index contributed by atoms with van der Waals surface area (Å²) in [7, 11) is 0. The van der Waals surface area contributed by atoms with E-state index >= 15 is 0 Å². The summed E-state index contributed by atoms with van der Waals surface area (Å²) in [5.41, 5.74) is 6.52. The molecule has 1 aliphatic carbocycles. The number of hydrogen-bond donors (Lipinski definition) is 2. The second kappa shape index (κ2) is 5.65. The van der Waals surface area contributed by atoms with E-state index in [2.05, 4.69) is 5.32 Å². The van der Waals surface area contributed by atoms with Crippen molar-refractivity contribution in [2.75, 3.05) is 0 Å². The van der Waals surface area contributed by atoms with Crippen molar-refractivity contribution < 1.29 is 9.18 Å². The molecular formula is C14H17FN2OS. The predicted molar refractivity (Wildman–Crippen MR) is 76.5 cm³/mol. The molecule has 1 saturated carbocycles. The van der Waals surface area contributed by atoms with Crippen LogP contribution >= 0.6 is 12.2 Å². The molecule has 1 amide bonds. The van der Waals surface area contributed by atoms with Gasteiger partial charge in [-0.05, 0) is 37.5 Å². The Morgan fingerprint density at radius 1 is 1.47 bits per heavy atom. The Hall–Kier alpha value is -1.49. The number of rotatable bonds is 3. The largest absolute Gasteiger partial charge is 0.393 e. The number of nitrogens with two attached hydrogens (primary N) is 1. The first-order valence-electron chi connectivity index (χ1n) is 6.35. The topological polar surface area (TPSA) is 55.1 Å². The lowest BCUT2D eigenvalue weighted by atomic mass is 10.0. The maximum Gasteiger partial charge on any atom is 0.251 e. The van der Waals surface area contributed by atoms with E-state index in [0.29, 0.717) is 16.1 Å². The number of nitrogens with one attached hydrogen (secondary N) is 1. The van der Waals surface area contributed by atoms with E-state index in [9.17, 15) is 9.18 Å². The molecule has 0 aromatic heterocycles. The molecule has 1 aromatic carbocycles. The van der Waals surface area contributed by atoms with Crippen LogP contribution < -0.4 is 11.1 Å². The minimum Gasteiger partial charge on any atom is -0.393 e. The molecule has 102 valence electrons. The van der Waals surface area contributed by atoms with Crippen LogP contribution in [-0.4, -0.2) is 16.9 Å². The van der Waals surface area contributed by atoms with Gasteiger partial charge in [0.1, 0.15) is 5.82 Å². The van der Waals surface area contributed by atoms with Gasteiger partial charge in [0.15, 0.2) is 0 Å². The van der Waals surface area contributed by atoms with Crippen molar-refractivity contribution in [3.05, 3.63) is 35.1 Å². The molecule has 0 spiro atoms. The molecule has 19 heavy (non-hydrogen) atoms. The number of hydrogen-bond acceptors (Lipinski definition) is 2. The lowest BCUT2D eigenvalue weighted by Gasteiger charge is -2.20. The van der Waals surface area contributed by atoms with Crippen LogP contribution in [0, 0.1) is 18.7 Å². The molecule has 0 heterocycles. The smallest absolute Gasteiger partial charge is 0.251 e. The Morgan fingerprint density at radius 2 is 2.21 bits per heavy atom. The van der Waals surface area contributed by atoms with Crippen LogP contribution in [0.4, 0.5) is 4.39 Å². The quantitative estimate of drug-likeness (QED) is 0.835. The summed E-state index contributed by atoms with van der Waals surface area (Å²) in [6, 6.07) is 4.45. The van der Waals surface area contributed by atoms with Gasteiger partial charge in [0.05, 0.1) is 4.99 Å². The Kier molecular flexibility index (Phi) is 4.14. The third-order valence-corrected chi connectivity index (χ3v) is 3.93. The van der Waals surface area contributed by atoms with Crippen molar-refractivity contribution in [2.24, 2.45) is 11.7 Å². The van der Waals surface area contributed by atoms with Gasteiger partial charge in [0, 0.05) is 17.5 Å². The van der Waals surface area contributed by atoms with Crippen LogP contribution in [0.2, 0.25) is 0 Å². The fourth-order valence-corrected chi connectivity index (χ4v) is 2.74. The van der Waals surface area contributed by atoms with E-state index < -0.39 is 0 Å². The van der Waals surface area contributed by atoms with Crippen LogP contribution in [-0.2, 0) is 0 Å². The van der Waals surface area contributed by atoms with Gasteiger partial charge in [-0.3, -0.25) is 4.79 Å². The van der Waals surface area contributed by atoms with Gasteiger partial charge in [-0.25, -0.2) is 4.39 Å². The van der Waals surface area contributed by atoms with Gasteiger partial charge < -0.3 is 11.1 Å². The number of amides is 1. The zero-order chi connectivity index (χ0) is 14.0. The third kappa shape index (κ3) is 3.10. The van der Waals surface area contributed by atoms with Crippen LogP contribution in [0.25, 0.3) is 0 Å². The minimum absolute atomic E-state index is 0.0330. The van der Waals surface area contributed by atoms with Crippen molar-refractivity contribution in [1.29, 1.82) is 0 Å². The third-order valence-electron chi connectivity index (χ3n) is 3.63. The molecular weight excluding hydrogens is 263 g/mol. The van der Waals surface area contributed by atoms with Crippen LogP contribution in [0.3, 0.4) is 0 Å². The van der Waals surface area contributed by atoms with Crippen molar-refractivity contribution in [1.82, 2.24) is 5.32 Å². The summed E-state index contributed by atoms with van der Waals surface area (Å²) >= 11 is 5.01. The molecule has 1 fully saturated rings. The van der Waals surface area contributed by atoms with Gasteiger partial charge in [-0.15, -0.1) is 0 Å². The van der Waals surface area contributed by atoms with E-state index in [-0.39, 0.29) is 23.7 Å². The first kappa shape index (κ1) is 13.9. The highest BCUT2D eigenvalue weighted by molar-refractivity contribution is 7.80. The summed E-state index contributed by atoms with van der Waals surface area (Å²) in [4.78, 5) is 12.5. The van der Waals surface area contributed by atoms with Crippen molar-refractivity contribution >= 4 is 23.1 Å². The number of aryl methyl sites for hydroxylation is 1. The lowest BCUT2D eigenvalue weighted by molar-refractivity contribution is 0.0933. The number of halogens is 1. The van der Waals surface area contributed by atoms with Gasteiger partial charge >= 0.3 is 0 Å². The van der Waals surface area contributed by atoms with Gasteiger partial charge in [0.25, 0.3) is 5.91 Å². The molecule has 0 bridgehead atoms. The number of carbonyl (C=O) groups excluding carboxylic acids is 1. The van der Waals surface area contributed by atoms with Gasteiger partial charge in [-0.2, -0.15) is 0 Å². The summed E-state index contributed by atoms with van der Waals surface area (Å²) in [5, 5.41) is 2.90. The SMILES string of the molecule is Cc1ccc(C(=O)NC2CCCC2C(N)=S)cc1F. The van der Waals surface area contributed by atoms with Crippen molar-refractivity contribution in [2.45, 2.75) is 32.2 Å². The molecule has 3 nitrogen and oxygen atoms in total. The number of benzene rings is 1. The molecule has 2 rings (SSSR count). The predicted octanol–water partition coefficient (Wildman–Crippen LogP) is 2.32. The molecule has 0 aliphatic heterocycles. The van der Waals surface area contributed by atoms with Gasteiger partial charge in [-0.1, -0.05) is 24.7 Å². The minimum atomic E-state index is -0.370. The Morgan fingerprint density at radius 3 is 2.84 bits per heavy atom. The highest BCUT2D eigenvalue weighted by atomic mass is 32.1. The van der Waals surface area contributed by atoms with Crippen molar-refractivity contribution in [3.63, 3.8) is 0 Å². The molecule has 2 unspecified atom stereocenters. The molecule has 1 aromatic rings. The molecule has 3 N–H and O–H groups in total. The van der Waals surface area contributed by atoms with Crippen molar-refractivity contribution in [3.8, 4) is 0 Å². The maximum absolute atomic E-state index is 13.4. The first-order valence-corrected chi connectivity index (χ1v) is 6.76. The normalized spacial score (nSPS) is 22.2. The highest BCUT2D eigenvalue weighted by Gasteiger charge is 2.30.